The third-order valence-electron chi connectivity index (χ3n) is 5.65. The number of benzene rings is 1. The molecule has 0 bridgehead atoms. The average molecular weight is 321 g/mol. The second-order valence-electron chi connectivity index (χ2n) is 6.91. The quantitative estimate of drug-likeness (QED) is 0.848. The Morgan fingerprint density at radius 3 is 2.67 bits per heavy atom. The number of amides is 1. The maximum Gasteiger partial charge on any atom is 0.274 e. The lowest BCUT2D eigenvalue weighted by Crippen LogP contribution is -2.52. The van der Waals surface area contributed by atoms with Crippen LogP contribution in [0.1, 0.15) is 54.1 Å². The minimum atomic E-state index is 0.0477. The molecule has 3 atom stereocenters. The Morgan fingerprint density at radius 2 is 1.88 bits per heavy atom. The summed E-state index contributed by atoms with van der Waals surface area (Å²) in [6.45, 7) is 0.816. The highest BCUT2D eigenvalue weighted by atomic mass is 16.2. The molecule has 0 unspecified atom stereocenters. The van der Waals surface area contributed by atoms with Crippen molar-refractivity contribution < 1.29 is 4.79 Å². The van der Waals surface area contributed by atoms with Crippen molar-refractivity contribution in [2.75, 3.05) is 6.54 Å². The van der Waals surface area contributed by atoms with E-state index >= 15 is 0 Å². The van der Waals surface area contributed by atoms with Crippen LogP contribution in [0, 0.1) is 5.92 Å². The maximum atomic E-state index is 12.9. The fourth-order valence-corrected chi connectivity index (χ4v) is 4.58. The van der Waals surface area contributed by atoms with Crippen molar-refractivity contribution in [3.05, 3.63) is 60.2 Å². The van der Waals surface area contributed by atoms with E-state index in [0.717, 1.165) is 19.4 Å². The van der Waals surface area contributed by atoms with Gasteiger partial charge in [-0.05, 0) is 36.7 Å². The van der Waals surface area contributed by atoms with Gasteiger partial charge in [-0.25, -0.2) is 4.98 Å². The molecular weight excluding hydrogens is 298 g/mol. The van der Waals surface area contributed by atoms with Gasteiger partial charge in [0.1, 0.15) is 5.69 Å². The zero-order valence-electron chi connectivity index (χ0n) is 13.8. The Balaban J connectivity index is 1.60. The van der Waals surface area contributed by atoms with Crippen LogP contribution in [0.5, 0.6) is 0 Å². The van der Waals surface area contributed by atoms with E-state index in [9.17, 15) is 4.79 Å². The van der Waals surface area contributed by atoms with Crippen molar-refractivity contribution in [1.82, 2.24) is 14.9 Å². The molecule has 2 aliphatic rings. The summed E-state index contributed by atoms with van der Waals surface area (Å²) in [6, 6.07) is 11.2. The van der Waals surface area contributed by atoms with E-state index in [2.05, 4.69) is 45.2 Å². The van der Waals surface area contributed by atoms with Crippen LogP contribution in [0.3, 0.4) is 0 Å². The van der Waals surface area contributed by atoms with Crippen LogP contribution in [-0.2, 0) is 0 Å². The summed E-state index contributed by atoms with van der Waals surface area (Å²) < 4.78 is 0. The summed E-state index contributed by atoms with van der Waals surface area (Å²) in [4.78, 5) is 23.3. The van der Waals surface area contributed by atoms with Gasteiger partial charge in [-0.15, -0.1) is 0 Å². The molecular formula is C20H23N3O. The number of hydrogen-bond acceptors (Lipinski definition) is 3. The van der Waals surface area contributed by atoms with Gasteiger partial charge in [-0.2, -0.15) is 0 Å². The van der Waals surface area contributed by atoms with E-state index in [4.69, 9.17) is 0 Å². The molecule has 0 spiro atoms. The van der Waals surface area contributed by atoms with Gasteiger partial charge in [0.25, 0.3) is 5.91 Å². The molecule has 1 aromatic carbocycles. The monoisotopic (exact) mass is 321 g/mol. The number of hydrogen-bond donors (Lipinski definition) is 0. The number of nitrogens with zero attached hydrogens (tertiary/aromatic N) is 3. The Morgan fingerprint density at radius 1 is 1.04 bits per heavy atom. The van der Waals surface area contributed by atoms with Crippen molar-refractivity contribution in [3.8, 4) is 0 Å². The van der Waals surface area contributed by atoms with Crippen molar-refractivity contribution in [1.29, 1.82) is 0 Å². The number of carbonyl (C=O) groups is 1. The first-order valence-electron chi connectivity index (χ1n) is 8.96. The first-order valence-corrected chi connectivity index (χ1v) is 8.96. The summed E-state index contributed by atoms with van der Waals surface area (Å²) >= 11 is 0. The number of piperidine rings is 1. The van der Waals surface area contributed by atoms with Crippen LogP contribution in [0.2, 0.25) is 0 Å². The molecule has 2 heterocycles. The molecule has 1 aromatic heterocycles. The molecule has 124 valence electrons. The molecule has 4 rings (SSSR count). The summed E-state index contributed by atoms with van der Waals surface area (Å²) in [7, 11) is 0. The molecule has 2 aromatic rings. The minimum absolute atomic E-state index is 0.0477. The largest absolute Gasteiger partial charge is 0.334 e. The van der Waals surface area contributed by atoms with Crippen molar-refractivity contribution in [3.63, 3.8) is 0 Å². The lowest BCUT2D eigenvalue weighted by atomic mass is 9.69. The molecule has 1 saturated heterocycles. The van der Waals surface area contributed by atoms with Gasteiger partial charge in [0, 0.05) is 25.0 Å². The van der Waals surface area contributed by atoms with Gasteiger partial charge in [-0.1, -0.05) is 43.2 Å². The average Bonchev–Trinajstić information content (AvgIpc) is 2.68. The summed E-state index contributed by atoms with van der Waals surface area (Å²) in [5.41, 5.74) is 1.90. The standard InChI is InChI=1S/C20H23N3O/c24-20(18-14-21-11-12-22-18)23-13-10-16(15-6-2-1-3-7-15)17-8-4-5-9-19(17)23/h1-3,6-7,11-12,14,16-17,19H,4-5,8-10,13H2/t16-,17-,19-/m1/s1. The van der Waals surface area contributed by atoms with Crippen molar-refractivity contribution in [2.45, 2.75) is 44.1 Å². The zero-order valence-corrected chi connectivity index (χ0v) is 13.8. The smallest absolute Gasteiger partial charge is 0.274 e. The topological polar surface area (TPSA) is 46.1 Å². The SMILES string of the molecule is O=C(c1cnccn1)N1CC[C@H](c2ccccc2)[C@H]2CCCC[C@H]21. The van der Waals surface area contributed by atoms with Gasteiger partial charge in [0.05, 0.1) is 6.20 Å². The molecule has 0 N–H and O–H groups in total. The third-order valence-corrected chi connectivity index (χ3v) is 5.65. The van der Waals surface area contributed by atoms with Gasteiger partial charge < -0.3 is 4.90 Å². The van der Waals surface area contributed by atoms with Gasteiger partial charge in [0.15, 0.2) is 0 Å². The molecule has 1 saturated carbocycles. The van der Waals surface area contributed by atoms with Gasteiger partial charge in [-0.3, -0.25) is 9.78 Å². The molecule has 1 amide bonds. The van der Waals surface area contributed by atoms with E-state index in [1.165, 1.54) is 24.8 Å². The first-order chi connectivity index (χ1) is 11.8. The maximum absolute atomic E-state index is 12.9. The molecule has 24 heavy (non-hydrogen) atoms. The minimum Gasteiger partial charge on any atom is -0.334 e. The third kappa shape index (κ3) is 2.81. The second-order valence-corrected chi connectivity index (χ2v) is 6.91. The van der Waals surface area contributed by atoms with Gasteiger partial charge in [0.2, 0.25) is 0 Å². The number of rotatable bonds is 2. The van der Waals surface area contributed by atoms with E-state index in [0.29, 0.717) is 23.6 Å². The summed E-state index contributed by atoms with van der Waals surface area (Å²) in [5.74, 6) is 1.18. The van der Waals surface area contributed by atoms with E-state index in [1.807, 2.05) is 0 Å². The first kappa shape index (κ1) is 15.3. The van der Waals surface area contributed by atoms with Crippen LogP contribution in [0.4, 0.5) is 0 Å². The number of likely N-dealkylation sites (tertiary alicyclic amines) is 1. The van der Waals surface area contributed by atoms with Crippen LogP contribution < -0.4 is 0 Å². The fourth-order valence-electron chi connectivity index (χ4n) is 4.58. The van der Waals surface area contributed by atoms with Crippen LogP contribution in [0.15, 0.2) is 48.9 Å². The molecule has 4 heteroatoms. The second kappa shape index (κ2) is 6.71. The van der Waals surface area contributed by atoms with E-state index < -0.39 is 0 Å². The fraction of sp³-hybridized carbons (Fsp3) is 0.450. The summed E-state index contributed by atoms with van der Waals surface area (Å²) in [5, 5.41) is 0. The lowest BCUT2D eigenvalue weighted by molar-refractivity contribution is 0.0313. The number of aromatic nitrogens is 2. The predicted molar refractivity (Wildman–Crippen MR) is 92.6 cm³/mol. The molecule has 4 nitrogen and oxygen atoms in total. The zero-order chi connectivity index (χ0) is 16.4. The molecule has 0 radical (unpaired) electrons. The van der Waals surface area contributed by atoms with Crippen molar-refractivity contribution in [2.24, 2.45) is 5.92 Å². The van der Waals surface area contributed by atoms with Gasteiger partial charge >= 0.3 is 0 Å². The Bertz CT molecular complexity index is 689. The van der Waals surface area contributed by atoms with E-state index in [1.54, 1.807) is 18.6 Å². The van der Waals surface area contributed by atoms with E-state index in [-0.39, 0.29) is 5.91 Å². The Hall–Kier alpha value is -2.23. The lowest BCUT2D eigenvalue weighted by Gasteiger charge is -2.48. The number of carbonyl (C=O) groups excluding carboxylic acids is 1. The highest BCUT2D eigenvalue weighted by molar-refractivity contribution is 5.92. The Kier molecular flexibility index (Phi) is 4.28. The predicted octanol–water partition coefficient (Wildman–Crippen LogP) is 3.67. The van der Waals surface area contributed by atoms with Crippen LogP contribution in [-0.4, -0.2) is 33.4 Å². The molecule has 2 fully saturated rings. The number of fused-ring (bicyclic) bond motifs is 1. The highest BCUT2D eigenvalue weighted by Gasteiger charge is 2.42. The molecule has 1 aliphatic heterocycles. The van der Waals surface area contributed by atoms with Crippen LogP contribution >= 0.6 is 0 Å². The summed E-state index contributed by atoms with van der Waals surface area (Å²) in [6.07, 6.45) is 10.7. The Labute approximate surface area is 142 Å². The molecule has 1 aliphatic carbocycles. The normalized spacial score (nSPS) is 26.7. The highest BCUT2D eigenvalue weighted by Crippen LogP contribution is 2.44. The van der Waals surface area contributed by atoms with Crippen LogP contribution in [0.25, 0.3) is 0 Å². The van der Waals surface area contributed by atoms with Crippen molar-refractivity contribution >= 4 is 5.91 Å².